The molecule has 2 N–H and O–H groups in total. The molecule has 4 rings (SSSR count). The van der Waals surface area contributed by atoms with Gasteiger partial charge in [-0.3, -0.25) is 14.9 Å². The molecule has 3 heterocycles. The highest BCUT2D eigenvalue weighted by atomic mass is 19.1. The summed E-state index contributed by atoms with van der Waals surface area (Å²) in [6.07, 6.45) is 5.69. The smallest absolute Gasteiger partial charge is 0.277 e. The Kier molecular flexibility index (Phi) is 4.67. The Morgan fingerprint density at radius 3 is 2.79 bits per heavy atom. The second-order valence-electron chi connectivity index (χ2n) is 6.09. The summed E-state index contributed by atoms with van der Waals surface area (Å²) < 4.78 is 14.8. The number of hydrogen-bond donors (Lipinski definition) is 2. The number of H-pyrrole nitrogens is 1. The minimum Gasteiger partial charge on any atom is -0.303 e. The van der Waals surface area contributed by atoms with Crippen LogP contribution in [0, 0.1) is 5.82 Å². The van der Waals surface area contributed by atoms with Crippen LogP contribution in [0.15, 0.2) is 61.1 Å². The Morgan fingerprint density at radius 2 is 2.04 bits per heavy atom. The van der Waals surface area contributed by atoms with Gasteiger partial charge in [-0.15, -0.1) is 0 Å². The van der Waals surface area contributed by atoms with E-state index in [1.54, 1.807) is 36.8 Å². The maximum absolute atomic E-state index is 13.4. The quantitative estimate of drug-likeness (QED) is 0.557. The molecule has 3 aromatic heterocycles. The molecule has 0 atom stereocenters. The number of benzene rings is 1. The molecule has 0 saturated heterocycles. The van der Waals surface area contributed by atoms with E-state index >= 15 is 0 Å². The van der Waals surface area contributed by atoms with Crippen LogP contribution < -0.4 is 5.32 Å². The molecule has 0 unspecified atom stereocenters. The van der Waals surface area contributed by atoms with Gasteiger partial charge in [-0.05, 0) is 42.8 Å². The molecule has 1 amide bonds. The SMILES string of the molecule is CCc1c(NC(=O)c2ccn(-c3cccc(F)c3)n2)n[nH]c1-c1ccncc1. The predicted octanol–water partition coefficient (Wildman–Crippen LogP) is 3.61. The average molecular weight is 376 g/mol. The van der Waals surface area contributed by atoms with E-state index in [-0.39, 0.29) is 11.5 Å². The van der Waals surface area contributed by atoms with E-state index in [2.05, 4.69) is 25.6 Å². The molecule has 0 saturated carbocycles. The fourth-order valence-corrected chi connectivity index (χ4v) is 2.95. The summed E-state index contributed by atoms with van der Waals surface area (Å²) in [5, 5.41) is 14.2. The minimum absolute atomic E-state index is 0.208. The zero-order valence-corrected chi connectivity index (χ0v) is 15.1. The van der Waals surface area contributed by atoms with Crippen LogP contribution in [0.3, 0.4) is 0 Å². The monoisotopic (exact) mass is 376 g/mol. The molecule has 28 heavy (non-hydrogen) atoms. The highest BCUT2D eigenvalue weighted by Crippen LogP contribution is 2.27. The number of anilines is 1. The first kappa shape index (κ1) is 17.6. The third kappa shape index (κ3) is 3.39. The molecule has 1 aromatic carbocycles. The molecule has 8 heteroatoms. The molecule has 7 nitrogen and oxygen atoms in total. The van der Waals surface area contributed by atoms with Crippen molar-refractivity contribution >= 4 is 11.7 Å². The van der Waals surface area contributed by atoms with Crippen LogP contribution in [-0.4, -0.2) is 30.9 Å². The molecule has 0 aliphatic carbocycles. The molecule has 0 spiro atoms. The van der Waals surface area contributed by atoms with Crippen LogP contribution in [-0.2, 0) is 6.42 Å². The Balaban J connectivity index is 1.57. The molecule has 0 bridgehead atoms. The lowest BCUT2D eigenvalue weighted by atomic mass is 10.1. The highest BCUT2D eigenvalue weighted by Gasteiger charge is 2.17. The number of hydrogen-bond acceptors (Lipinski definition) is 4. The lowest BCUT2D eigenvalue weighted by Crippen LogP contribution is -2.14. The second-order valence-corrected chi connectivity index (χ2v) is 6.09. The lowest BCUT2D eigenvalue weighted by molar-refractivity contribution is 0.102. The molecular weight excluding hydrogens is 359 g/mol. The summed E-state index contributed by atoms with van der Waals surface area (Å²) in [5.74, 6) is -0.302. The van der Waals surface area contributed by atoms with E-state index in [1.165, 1.54) is 16.8 Å². The first-order chi connectivity index (χ1) is 13.7. The van der Waals surface area contributed by atoms with Gasteiger partial charge in [-0.1, -0.05) is 13.0 Å². The van der Waals surface area contributed by atoms with Gasteiger partial charge in [0, 0.05) is 29.7 Å². The fourth-order valence-electron chi connectivity index (χ4n) is 2.95. The lowest BCUT2D eigenvalue weighted by Gasteiger charge is -2.04. The van der Waals surface area contributed by atoms with Crippen LogP contribution in [0.1, 0.15) is 23.0 Å². The third-order valence-corrected chi connectivity index (χ3v) is 4.32. The molecule has 4 aromatic rings. The Hall–Kier alpha value is -3.81. The number of nitrogens with one attached hydrogen (secondary N) is 2. The van der Waals surface area contributed by atoms with Crippen molar-refractivity contribution < 1.29 is 9.18 Å². The first-order valence-electron chi connectivity index (χ1n) is 8.76. The normalized spacial score (nSPS) is 10.8. The number of carbonyl (C=O) groups is 1. The first-order valence-corrected chi connectivity index (χ1v) is 8.76. The molecular formula is C20H17FN6O. The number of rotatable bonds is 5. The van der Waals surface area contributed by atoms with Crippen molar-refractivity contribution in [3.05, 3.63) is 78.1 Å². The van der Waals surface area contributed by atoms with Gasteiger partial charge in [-0.2, -0.15) is 10.2 Å². The summed E-state index contributed by atoms with van der Waals surface area (Å²) in [6.45, 7) is 1.99. The van der Waals surface area contributed by atoms with E-state index in [0.717, 1.165) is 16.8 Å². The van der Waals surface area contributed by atoms with Crippen molar-refractivity contribution in [3.8, 4) is 16.9 Å². The van der Waals surface area contributed by atoms with Crippen LogP contribution in [0.4, 0.5) is 10.2 Å². The third-order valence-electron chi connectivity index (χ3n) is 4.32. The number of halogens is 1. The average Bonchev–Trinajstić information content (AvgIpc) is 3.36. The van der Waals surface area contributed by atoms with Crippen molar-refractivity contribution in [2.24, 2.45) is 0 Å². The summed E-state index contributed by atoms with van der Waals surface area (Å²) >= 11 is 0. The summed E-state index contributed by atoms with van der Waals surface area (Å²) in [5.41, 5.74) is 3.41. The van der Waals surface area contributed by atoms with E-state index in [9.17, 15) is 9.18 Å². The van der Waals surface area contributed by atoms with Gasteiger partial charge in [0.2, 0.25) is 0 Å². The van der Waals surface area contributed by atoms with Crippen molar-refractivity contribution in [2.75, 3.05) is 5.32 Å². The van der Waals surface area contributed by atoms with E-state index in [1.807, 2.05) is 19.1 Å². The van der Waals surface area contributed by atoms with Crippen LogP contribution in [0.2, 0.25) is 0 Å². The molecule has 0 aliphatic rings. The summed E-state index contributed by atoms with van der Waals surface area (Å²) in [6, 6.07) is 11.3. The zero-order chi connectivity index (χ0) is 19.5. The minimum atomic E-state index is -0.391. The van der Waals surface area contributed by atoms with Gasteiger partial charge >= 0.3 is 0 Å². The van der Waals surface area contributed by atoms with Crippen LogP contribution in [0.5, 0.6) is 0 Å². The number of nitrogens with zero attached hydrogens (tertiary/aromatic N) is 4. The van der Waals surface area contributed by atoms with Gasteiger partial charge in [0.05, 0.1) is 11.4 Å². The Bertz CT molecular complexity index is 1120. The number of amides is 1. The predicted molar refractivity (Wildman–Crippen MR) is 103 cm³/mol. The van der Waals surface area contributed by atoms with E-state index in [0.29, 0.717) is 17.9 Å². The van der Waals surface area contributed by atoms with E-state index in [4.69, 9.17) is 0 Å². The number of aromatic amines is 1. The van der Waals surface area contributed by atoms with Crippen molar-refractivity contribution in [2.45, 2.75) is 13.3 Å². The van der Waals surface area contributed by atoms with Crippen LogP contribution >= 0.6 is 0 Å². The largest absolute Gasteiger partial charge is 0.303 e. The Morgan fingerprint density at radius 1 is 1.21 bits per heavy atom. The topological polar surface area (TPSA) is 88.5 Å². The van der Waals surface area contributed by atoms with E-state index < -0.39 is 5.91 Å². The zero-order valence-electron chi connectivity index (χ0n) is 15.1. The summed E-state index contributed by atoms with van der Waals surface area (Å²) in [4.78, 5) is 16.6. The van der Waals surface area contributed by atoms with Crippen molar-refractivity contribution in [1.29, 1.82) is 0 Å². The van der Waals surface area contributed by atoms with Gasteiger partial charge in [0.25, 0.3) is 5.91 Å². The van der Waals surface area contributed by atoms with Gasteiger partial charge in [0.1, 0.15) is 5.82 Å². The van der Waals surface area contributed by atoms with Crippen LogP contribution in [0.25, 0.3) is 16.9 Å². The fraction of sp³-hybridized carbons (Fsp3) is 0.100. The standard InChI is InChI=1S/C20H17FN6O/c1-2-16-18(13-6-9-22-10-7-13)24-25-19(16)23-20(28)17-8-11-27(26-17)15-5-3-4-14(21)12-15/h3-12H,2H2,1H3,(H2,23,24,25,28). The van der Waals surface area contributed by atoms with Gasteiger partial charge in [0.15, 0.2) is 11.5 Å². The van der Waals surface area contributed by atoms with Crippen molar-refractivity contribution in [3.63, 3.8) is 0 Å². The van der Waals surface area contributed by atoms with Gasteiger partial charge < -0.3 is 5.32 Å². The molecule has 0 fully saturated rings. The summed E-state index contributed by atoms with van der Waals surface area (Å²) in [7, 11) is 0. The second kappa shape index (κ2) is 7.43. The highest BCUT2D eigenvalue weighted by molar-refractivity contribution is 6.03. The Labute approximate surface area is 160 Å². The number of aromatic nitrogens is 5. The maximum atomic E-state index is 13.4. The molecule has 0 aliphatic heterocycles. The number of carbonyl (C=O) groups excluding carboxylic acids is 1. The van der Waals surface area contributed by atoms with Crippen molar-refractivity contribution in [1.82, 2.24) is 25.0 Å². The molecule has 140 valence electrons. The molecule has 0 radical (unpaired) electrons. The maximum Gasteiger partial charge on any atom is 0.277 e. The number of pyridine rings is 1. The van der Waals surface area contributed by atoms with Gasteiger partial charge in [-0.25, -0.2) is 9.07 Å².